The maximum absolute atomic E-state index is 11.3. The highest BCUT2D eigenvalue weighted by Gasteiger charge is 2.25. The molecule has 1 N–H and O–H groups in total. The summed E-state index contributed by atoms with van der Waals surface area (Å²) in [5, 5.41) is 9.14. The number of ether oxygens (including phenoxy) is 2. The maximum atomic E-state index is 11.3. The number of hydrogen-bond donors (Lipinski definition) is 1. The van der Waals surface area contributed by atoms with E-state index in [2.05, 4.69) is 4.74 Å². The number of carbonyl (C=O) groups is 1. The van der Waals surface area contributed by atoms with Crippen LogP contribution in [0.15, 0.2) is 18.2 Å². The molecule has 1 saturated carbocycles. The van der Waals surface area contributed by atoms with Crippen molar-refractivity contribution in [2.24, 2.45) is 0 Å². The van der Waals surface area contributed by atoms with E-state index in [9.17, 15) is 4.79 Å². The van der Waals surface area contributed by atoms with Crippen molar-refractivity contribution in [3.8, 4) is 5.75 Å². The zero-order valence-corrected chi connectivity index (χ0v) is 9.10. The van der Waals surface area contributed by atoms with Gasteiger partial charge in [-0.25, -0.2) is 4.79 Å². The van der Waals surface area contributed by atoms with Crippen LogP contribution in [-0.2, 0) is 11.3 Å². The molecule has 0 aromatic heterocycles. The molecule has 4 heteroatoms. The monoisotopic (exact) mass is 222 g/mol. The molecule has 0 atom stereocenters. The van der Waals surface area contributed by atoms with Crippen LogP contribution in [0.25, 0.3) is 0 Å². The molecule has 0 amide bonds. The van der Waals surface area contributed by atoms with E-state index in [1.807, 2.05) is 0 Å². The van der Waals surface area contributed by atoms with E-state index in [1.165, 1.54) is 7.11 Å². The molecule has 0 unspecified atom stereocenters. The first kappa shape index (κ1) is 11.0. The molecule has 0 spiro atoms. The first-order valence-electron chi connectivity index (χ1n) is 5.23. The number of rotatable bonds is 4. The summed E-state index contributed by atoms with van der Waals surface area (Å²) in [6.07, 6.45) is 2.30. The van der Waals surface area contributed by atoms with Gasteiger partial charge in [0.25, 0.3) is 0 Å². The van der Waals surface area contributed by atoms with Gasteiger partial charge < -0.3 is 14.6 Å². The van der Waals surface area contributed by atoms with E-state index in [0.717, 1.165) is 12.8 Å². The molecule has 1 aromatic carbocycles. The molecule has 0 aliphatic heterocycles. The summed E-state index contributed by atoms with van der Waals surface area (Å²) in [4.78, 5) is 11.3. The zero-order chi connectivity index (χ0) is 11.5. The van der Waals surface area contributed by atoms with Gasteiger partial charge in [0.1, 0.15) is 5.75 Å². The molecule has 4 nitrogen and oxygen atoms in total. The molecule has 1 aliphatic carbocycles. The fraction of sp³-hybridized carbons (Fsp3) is 0.417. The van der Waals surface area contributed by atoms with Crippen molar-refractivity contribution in [2.75, 3.05) is 7.11 Å². The maximum Gasteiger partial charge on any atom is 0.337 e. The first-order chi connectivity index (χ1) is 7.74. The second-order valence-corrected chi connectivity index (χ2v) is 3.79. The van der Waals surface area contributed by atoms with E-state index >= 15 is 0 Å². The van der Waals surface area contributed by atoms with E-state index < -0.39 is 5.97 Å². The third-order valence-corrected chi connectivity index (χ3v) is 2.48. The van der Waals surface area contributed by atoms with Crippen LogP contribution in [0.1, 0.15) is 28.8 Å². The summed E-state index contributed by atoms with van der Waals surface area (Å²) >= 11 is 0. The van der Waals surface area contributed by atoms with Gasteiger partial charge in [0.2, 0.25) is 0 Å². The quantitative estimate of drug-likeness (QED) is 0.784. The molecular formula is C12H14O4. The third kappa shape index (κ3) is 2.33. The Balaban J connectivity index is 2.25. The Kier molecular flexibility index (Phi) is 3.10. The zero-order valence-electron chi connectivity index (χ0n) is 9.10. The predicted molar refractivity (Wildman–Crippen MR) is 57.4 cm³/mol. The van der Waals surface area contributed by atoms with E-state index in [-0.39, 0.29) is 12.7 Å². The molecule has 1 aromatic rings. The van der Waals surface area contributed by atoms with Gasteiger partial charge >= 0.3 is 5.97 Å². The van der Waals surface area contributed by atoms with Crippen molar-refractivity contribution in [3.05, 3.63) is 29.3 Å². The average Bonchev–Trinajstić information content (AvgIpc) is 3.12. The second kappa shape index (κ2) is 4.53. The van der Waals surface area contributed by atoms with E-state index in [0.29, 0.717) is 16.9 Å². The minimum Gasteiger partial charge on any atom is -0.490 e. The van der Waals surface area contributed by atoms with Gasteiger partial charge in [-0.2, -0.15) is 0 Å². The van der Waals surface area contributed by atoms with E-state index in [1.54, 1.807) is 18.2 Å². The lowest BCUT2D eigenvalue weighted by Crippen LogP contribution is -2.05. The molecule has 1 fully saturated rings. The Morgan fingerprint density at radius 3 is 2.81 bits per heavy atom. The van der Waals surface area contributed by atoms with Gasteiger partial charge in [-0.15, -0.1) is 0 Å². The summed E-state index contributed by atoms with van der Waals surface area (Å²) in [7, 11) is 1.34. The fourth-order valence-corrected chi connectivity index (χ4v) is 1.41. The predicted octanol–water partition coefficient (Wildman–Crippen LogP) is 1.51. The van der Waals surface area contributed by atoms with Gasteiger partial charge in [0, 0.05) is 5.56 Å². The Hall–Kier alpha value is -1.55. The minimum atomic E-state index is -0.398. The molecule has 16 heavy (non-hydrogen) atoms. The van der Waals surface area contributed by atoms with Crippen molar-refractivity contribution in [3.63, 3.8) is 0 Å². The van der Waals surface area contributed by atoms with Crippen molar-refractivity contribution < 1.29 is 19.4 Å². The minimum absolute atomic E-state index is 0.0937. The van der Waals surface area contributed by atoms with Crippen LogP contribution in [0.3, 0.4) is 0 Å². The van der Waals surface area contributed by atoms with Crippen LogP contribution in [-0.4, -0.2) is 24.3 Å². The second-order valence-electron chi connectivity index (χ2n) is 3.79. The molecule has 0 bridgehead atoms. The summed E-state index contributed by atoms with van der Waals surface area (Å²) in [6, 6.07) is 4.93. The number of esters is 1. The topological polar surface area (TPSA) is 55.8 Å². The lowest BCUT2D eigenvalue weighted by molar-refractivity contribution is 0.0600. The summed E-state index contributed by atoms with van der Waals surface area (Å²) < 4.78 is 10.2. The Morgan fingerprint density at radius 2 is 2.25 bits per heavy atom. The number of hydrogen-bond acceptors (Lipinski definition) is 4. The number of aliphatic hydroxyl groups excluding tert-OH is 1. The molecule has 0 radical (unpaired) electrons. The number of aliphatic hydroxyl groups is 1. The van der Waals surface area contributed by atoms with Crippen LogP contribution in [0.5, 0.6) is 5.75 Å². The normalized spacial score (nSPS) is 14.6. The fourth-order valence-electron chi connectivity index (χ4n) is 1.41. The molecule has 0 saturated heterocycles. The highest BCUT2D eigenvalue weighted by atomic mass is 16.5. The number of benzene rings is 1. The van der Waals surface area contributed by atoms with Crippen molar-refractivity contribution in [1.29, 1.82) is 0 Å². The van der Waals surface area contributed by atoms with Crippen molar-refractivity contribution >= 4 is 5.97 Å². The molecule has 86 valence electrons. The van der Waals surface area contributed by atoms with Crippen LogP contribution in [0, 0.1) is 0 Å². The number of methoxy groups -OCH3 is 1. The molecule has 0 heterocycles. The largest absolute Gasteiger partial charge is 0.490 e. The van der Waals surface area contributed by atoms with Gasteiger partial charge in [-0.1, -0.05) is 6.07 Å². The molecule has 2 rings (SSSR count). The van der Waals surface area contributed by atoms with Crippen molar-refractivity contribution in [1.82, 2.24) is 0 Å². The van der Waals surface area contributed by atoms with Gasteiger partial charge in [-0.3, -0.25) is 0 Å². The highest BCUT2D eigenvalue weighted by Crippen LogP contribution is 2.30. The van der Waals surface area contributed by atoms with Crippen LogP contribution in [0.4, 0.5) is 0 Å². The lowest BCUT2D eigenvalue weighted by Gasteiger charge is -2.10. The number of carbonyl (C=O) groups excluding carboxylic acids is 1. The summed E-state index contributed by atoms with van der Waals surface area (Å²) in [5.74, 6) is 0.179. The van der Waals surface area contributed by atoms with Crippen LogP contribution >= 0.6 is 0 Å². The highest BCUT2D eigenvalue weighted by molar-refractivity contribution is 5.89. The van der Waals surface area contributed by atoms with E-state index in [4.69, 9.17) is 9.84 Å². The standard InChI is InChI=1S/C12H14O4/c1-15-12(14)8-2-3-9(7-13)11(6-8)16-10-4-5-10/h2-3,6,10,13H,4-5,7H2,1H3. The Bertz CT molecular complexity index is 396. The Labute approximate surface area is 93.8 Å². The summed E-state index contributed by atoms with van der Waals surface area (Å²) in [5.41, 5.74) is 1.13. The first-order valence-corrected chi connectivity index (χ1v) is 5.23. The molecule has 1 aliphatic rings. The van der Waals surface area contributed by atoms with Crippen LogP contribution < -0.4 is 4.74 Å². The third-order valence-electron chi connectivity index (χ3n) is 2.48. The van der Waals surface area contributed by atoms with Gasteiger partial charge in [0.05, 0.1) is 25.4 Å². The molecular weight excluding hydrogens is 208 g/mol. The lowest BCUT2D eigenvalue weighted by atomic mass is 10.1. The SMILES string of the molecule is COC(=O)c1ccc(CO)c(OC2CC2)c1. The van der Waals surface area contributed by atoms with Gasteiger partial charge in [0.15, 0.2) is 0 Å². The Morgan fingerprint density at radius 1 is 1.50 bits per heavy atom. The van der Waals surface area contributed by atoms with Crippen LogP contribution in [0.2, 0.25) is 0 Å². The van der Waals surface area contributed by atoms with Crippen molar-refractivity contribution in [2.45, 2.75) is 25.6 Å². The van der Waals surface area contributed by atoms with Gasteiger partial charge in [-0.05, 0) is 25.0 Å². The summed E-state index contributed by atoms with van der Waals surface area (Å²) in [6.45, 7) is -0.0937. The average molecular weight is 222 g/mol. The smallest absolute Gasteiger partial charge is 0.337 e.